The molecule has 3 aromatic rings. The molecule has 1 amide bonds. The van der Waals surface area contributed by atoms with Crippen LogP contribution >= 0.6 is 0 Å². The second kappa shape index (κ2) is 6.95. The van der Waals surface area contributed by atoms with E-state index < -0.39 is 0 Å². The van der Waals surface area contributed by atoms with Gasteiger partial charge in [0.25, 0.3) is 0 Å². The highest BCUT2D eigenvalue weighted by atomic mass is 16.1. The van der Waals surface area contributed by atoms with Crippen molar-refractivity contribution >= 4 is 23.1 Å². The number of amides is 1. The number of benzene rings is 1. The summed E-state index contributed by atoms with van der Waals surface area (Å²) >= 11 is 0. The Balaban J connectivity index is 1.70. The van der Waals surface area contributed by atoms with Crippen LogP contribution in [-0.4, -0.2) is 20.7 Å². The molecule has 0 saturated heterocycles. The molecule has 0 aliphatic heterocycles. The molecule has 1 aromatic carbocycles. The van der Waals surface area contributed by atoms with E-state index in [9.17, 15) is 4.79 Å². The highest BCUT2D eigenvalue weighted by molar-refractivity contribution is 5.91. The number of rotatable bonds is 5. The van der Waals surface area contributed by atoms with Crippen LogP contribution in [0, 0.1) is 5.92 Å². The zero-order valence-corrected chi connectivity index (χ0v) is 13.6. The third-order valence-corrected chi connectivity index (χ3v) is 3.44. The Morgan fingerprint density at radius 2 is 2.00 bits per heavy atom. The molecule has 0 unspecified atom stereocenters. The van der Waals surface area contributed by atoms with Crippen molar-refractivity contribution < 1.29 is 4.79 Å². The predicted molar refractivity (Wildman–Crippen MR) is 94.6 cm³/mol. The van der Waals surface area contributed by atoms with Gasteiger partial charge in [-0.2, -0.15) is 5.10 Å². The van der Waals surface area contributed by atoms with Crippen LogP contribution in [0.5, 0.6) is 0 Å². The summed E-state index contributed by atoms with van der Waals surface area (Å²) in [6, 6.07) is 13.5. The number of carbonyl (C=O) groups is 1. The topological polar surface area (TPSA) is 71.8 Å². The van der Waals surface area contributed by atoms with Crippen LogP contribution in [0.4, 0.5) is 17.2 Å². The standard InChI is InChI=1S/C18H19N5O/c1-13(2)18(24)22-17-8-7-15(12-19-17)21-14-5-3-6-16(11-14)23-10-4-9-20-23/h3-13,21H,1-2H3,(H,19,22,24). The number of anilines is 3. The van der Waals surface area contributed by atoms with Crippen molar-refractivity contribution in [2.75, 3.05) is 10.6 Å². The summed E-state index contributed by atoms with van der Waals surface area (Å²) in [6.45, 7) is 3.69. The van der Waals surface area contributed by atoms with E-state index in [0.717, 1.165) is 17.1 Å². The van der Waals surface area contributed by atoms with Gasteiger partial charge in [0.1, 0.15) is 5.82 Å². The molecule has 2 heterocycles. The largest absolute Gasteiger partial charge is 0.354 e. The van der Waals surface area contributed by atoms with Crippen molar-refractivity contribution in [1.82, 2.24) is 14.8 Å². The van der Waals surface area contributed by atoms with Gasteiger partial charge in [-0.3, -0.25) is 4.79 Å². The van der Waals surface area contributed by atoms with Crippen LogP contribution in [0.25, 0.3) is 5.69 Å². The summed E-state index contributed by atoms with van der Waals surface area (Å²) in [4.78, 5) is 15.9. The number of hydrogen-bond donors (Lipinski definition) is 2. The smallest absolute Gasteiger partial charge is 0.228 e. The van der Waals surface area contributed by atoms with E-state index >= 15 is 0 Å². The number of aromatic nitrogens is 3. The van der Waals surface area contributed by atoms with Crippen LogP contribution in [0.2, 0.25) is 0 Å². The summed E-state index contributed by atoms with van der Waals surface area (Å²) in [5.74, 6) is 0.425. The summed E-state index contributed by atoms with van der Waals surface area (Å²) in [6.07, 6.45) is 5.33. The van der Waals surface area contributed by atoms with Gasteiger partial charge in [0.2, 0.25) is 5.91 Å². The first-order valence-corrected chi connectivity index (χ1v) is 7.76. The fraction of sp³-hybridized carbons (Fsp3) is 0.167. The molecular formula is C18H19N5O. The molecule has 6 heteroatoms. The third kappa shape index (κ3) is 3.78. The quantitative estimate of drug-likeness (QED) is 0.753. The van der Waals surface area contributed by atoms with Gasteiger partial charge in [0, 0.05) is 24.0 Å². The average Bonchev–Trinajstić information content (AvgIpc) is 3.11. The minimum Gasteiger partial charge on any atom is -0.354 e. The van der Waals surface area contributed by atoms with Crippen molar-refractivity contribution in [3.8, 4) is 5.69 Å². The first-order valence-electron chi connectivity index (χ1n) is 7.76. The van der Waals surface area contributed by atoms with Gasteiger partial charge in [-0.15, -0.1) is 0 Å². The average molecular weight is 321 g/mol. The van der Waals surface area contributed by atoms with Crippen molar-refractivity contribution in [3.05, 3.63) is 61.1 Å². The predicted octanol–water partition coefficient (Wildman–Crippen LogP) is 3.61. The second-order valence-electron chi connectivity index (χ2n) is 5.70. The molecule has 3 rings (SSSR count). The van der Waals surface area contributed by atoms with Crippen LogP contribution in [-0.2, 0) is 4.79 Å². The highest BCUT2D eigenvalue weighted by Crippen LogP contribution is 2.19. The summed E-state index contributed by atoms with van der Waals surface area (Å²) in [7, 11) is 0. The van der Waals surface area contributed by atoms with Crippen molar-refractivity contribution in [3.63, 3.8) is 0 Å². The van der Waals surface area contributed by atoms with Gasteiger partial charge in [0.05, 0.1) is 17.6 Å². The lowest BCUT2D eigenvalue weighted by atomic mass is 10.2. The number of nitrogens with zero attached hydrogens (tertiary/aromatic N) is 3. The van der Waals surface area contributed by atoms with E-state index in [0.29, 0.717) is 5.82 Å². The first-order chi connectivity index (χ1) is 11.6. The Morgan fingerprint density at radius 3 is 2.67 bits per heavy atom. The molecule has 24 heavy (non-hydrogen) atoms. The molecule has 0 atom stereocenters. The number of hydrogen-bond acceptors (Lipinski definition) is 4. The highest BCUT2D eigenvalue weighted by Gasteiger charge is 2.07. The molecule has 0 fully saturated rings. The first kappa shape index (κ1) is 15.7. The maximum atomic E-state index is 11.7. The number of nitrogens with one attached hydrogen (secondary N) is 2. The second-order valence-corrected chi connectivity index (χ2v) is 5.70. The molecule has 0 bridgehead atoms. The maximum absolute atomic E-state index is 11.7. The van der Waals surface area contributed by atoms with Crippen molar-refractivity contribution in [2.24, 2.45) is 5.92 Å². The molecule has 2 N–H and O–H groups in total. The normalized spacial score (nSPS) is 10.6. The monoisotopic (exact) mass is 321 g/mol. The fourth-order valence-corrected chi connectivity index (χ4v) is 2.13. The molecule has 0 aliphatic carbocycles. The lowest BCUT2D eigenvalue weighted by Crippen LogP contribution is -2.18. The lowest BCUT2D eigenvalue weighted by Gasteiger charge is -2.10. The van der Waals surface area contributed by atoms with Gasteiger partial charge >= 0.3 is 0 Å². The molecule has 0 aliphatic rings. The minimum absolute atomic E-state index is 0.0462. The van der Waals surface area contributed by atoms with E-state index in [-0.39, 0.29) is 11.8 Å². The van der Waals surface area contributed by atoms with E-state index in [1.807, 2.05) is 56.4 Å². The van der Waals surface area contributed by atoms with E-state index in [1.165, 1.54) is 0 Å². The summed E-state index contributed by atoms with van der Waals surface area (Å²) in [5, 5.41) is 10.3. The molecule has 2 aromatic heterocycles. The summed E-state index contributed by atoms with van der Waals surface area (Å²) in [5.41, 5.74) is 2.75. The number of pyridine rings is 1. The molecule has 6 nitrogen and oxygen atoms in total. The SMILES string of the molecule is CC(C)C(=O)Nc1ccc(Nc2cccc(-n3cccn3)c2)cn1. The molecule has 0 spiro atoms. The number of carbonyl (C=O) groups excluding carboxylic acids is 1. The Kier molecular flexibility index (Phi) is 4.56. The van der Waals surface area contributed by atoms with Gasteiger partial charge in [-0.05, 0) is 36.4 Å². The van der Waals surface area contributed by atoms with E-state index in [1.54, 1.807) is 23.1 Å². The third-order valence-electron chi connectivity index (χ3n) is 3.44. The van der Waals surface area contributed by atoms with Crippen molar-refractivity contribution in [1.29, 1.82) is 0 Å². The van der Waals surface area contributed by atoms with Crippen LogP contribution in [0.1, 0.15) is 13.8 Å². The Morgan fingerprint density at radius 1 is 1.12 bits per heavy atom. The Bertz CT molecular complexity index is 810. The zero-order chi connectivity index (χ0) is 16.9. The molecule has 0 saturated carbocycles. The fourth-order valence-electron chi connectivity index (χ4n) is 2.13. The summed E-state index contributed by atoms with van der Waals surface area (Å²) < 4.78 is 1.80. The van der Waals surface area contributed by atoms with Crippen LogP contribution in [0.15, 0.2) is 61.1 Å². The van der Waals surface area contributed by atoms with Crippen molar-refractivity contribution in [2.45, 2.75) is 13.8 Å². The molecular weight excluding hydrogens is 302 g/mol. The lowest BCUT2D eigenvalue weighted by molar-refractivity contribution is -0.118. The maximum Gasteiger partial charge on any atom is 0.228 e. The van der Waals surface area contributed by atoms with Gasteiger partial charge in [-0.1, -0.05) is 19.9 Å². The Hall–Kier alpha value is -3.15. The molecule has 122 valence electrons. The van der Waals surface area contributed by atoms with Crippen LogP contribution < -0.4 is 10.6 Å². The van der Waals surface area contributed by atoms with Gasteiger partial charge in [-0.25, -0.2) is 9.67 Å². The minimum atomic E-state index is -0.0744. The van der Waals surface area contributed by atoms with Gasteiger partial charge in [0.15, 0.2) is 0 Å². The van der Waals surface area contributed by atoms with Gasteiger partial charge < -0.3 is 10.6 Å². The molecule has 0 radical (unpaired) electrons. The zero-order valence-electron chi connectivity index (χ0n) is 13.6. The van der Waals surface area contributed by atoms with E-state index in [4.69, 9.17) is 0 Å². The Labute approximate surface area is 140 Å². The van der Waals surface area contributed by atoms with E-state index in [2.05, 4.69) is 20.7 Å². The van der Waals surface area contributed by atoms with Crippen LogP contribution in [0.3, 0.4) is 0 Å².